The monoisotopic (exact) mass is 175 g/mol. The number of nitrogens with one attached hydrogen (secondary N) is 2. The van der Waals surface area contributed by atoms with E-state index in [2.05, 4.69) is 15.2 Å². The summed E-state index contributed by atoms with van der Waals surface area (Å²) in [5, 5.41) is 6.19. The van der Waals surface area contributed by atoms with Crippen LogP contribution in [0.1, 0.15) is 5.56 Å². The Bertz CT molecular complexity index is 469. The first kappa shape index (κ1) is 7.79. The molecule has 66 valence electrons. The SMILES string of the molecule is Cc1ccccc1-c1n[nH]c(=O)[nH]1. The normalized spacial score (nSPS) is 10.2. The maximum atomic E-state index is 10.8. The van der Waals surface area contributed by atoms with Crippen molar-refractivity contribution < 1.29 is 0 Å². The fourth-order valence-electron chi connectivity index (χ4n) is 1.24. The minimum Gasteiger partial charge on any atom is -0.289 e. The molecule has 0 spiro atoms. The summed E-state index contributed by atoms with van der Waals surface area (Å²) >= 11 is 0. The van der Waals surface area contributed by atoms with Gasteiger partial charge in [-0.15, -0.1) is 0 Å². The topological polar surface area (TPSA) is 61.5 Å². The lowest BCUT2D eigenvalue weighted by Crippen LogP contribution is -2.00. The second-order valence-corrected chi connectivity index (χ2v) is 2.84. The molecule has 4 heteroatoms. The van der Waals surface area contributed by atoms with Crippen LogP contribution in [0.25, 0.3) is 11.4 Å². The van der Waals surface area contributed by atoms with Gasteiger partial charge in [0.15, 0.2) is 5.82 Å². The molecule has 0 radical (unpaired) electrons. The molecule has 0 unspecified atom stereocenters. The van der Waals surface area contributed by atoms with Gasteiger partial charge >= 0.3 is 5.69 Å². The Labute approximate surface area is 74.6 Å². The van der Waals surface area contributed by atoms with Crippen molar-refractivity contribution in [1.82, 2.24) is 15.2 Å². The number of rotatable bonds is 1. The largest absolute Gasteiger partial charge is 0.340 e. The highest BCUT2D eigenvalue weighted by molar-refractivity contribution is 5.58. The zero-order valence-corrected chi connectivity index (χ0v) is 7.16. The van der Waals surface area contributed by atoms with Crippen LogP contribution in [0, 0.1) is 6.92 Å². The van der Waals surface area contributed by atoms with Crippen LogP contribution in [0.3, 0.4) is 0 Å². The van der Waals surface area contributed by atoms with Gasteiger partial charge in [0.1, 0.15) is 0 Å². The third kappa shape index (κ3) is 1.38. The lowest BCUT2D eigenvalue weighted by atomic mass is 10.1. The van der Waals surface area contributed by atoms with E-state index in [0.717, 1.165) is 11.1 Å². The molecule has 2 rings (SSSR count). The van der Waals surface area contributed by atoms with E-state index in [0.29, 0.717) is 5.82 Å². The van der Waals surface area contributed by atoms with E-state index < -0.39 is 0 Å². The molecule has 2 aromatic rings. The van der Waals surface area contributed by atoms with Crippen molar-refractivity contribution in [1.29, 1.82) is 0 Å². The number of hydrogen-bond acceptors (Lipinski definition) is 2. The fraction of sp³-hybridized carbons (Fsp3) is 0.111. The molecule has 1 heterocycles. The molecule has 13 heavy (non-hydrogen) atoms. The van der Waals surface area contributed by atoms with Gasteiger partial charge in [-0.2, -0.15) is 5.10 Å². The first-order chi connectivity index (χ1) is 6.27. The second kappa shape index (κ2) is 2.90. The molecule has 0 bridgehead atoms. The maximum absolute atomic E-state index is 10.8. The van der Waals surface area contributed by atoms with Gasteiger partial charge in [-0.3, -0.25) is 4.98 Å². The van der Waals surface area contributed by atoms with Crippen LogP contribution in [0.15, 0.2) is 29.1 Å². The smallest absolute Gasteiger partial charge is 0.289 e. The number of aryl methyl sites for hydroxylation is 1. The van der Waals surface area contributed by atoms with E-state index in [9.17, 15) is 4.79 Å². The first-order valence-electron chi connectivity index (χ1n) is 3.98. The summed E-state index contributed by atoms with van der Waals surface area (Å²) < 4.78 is 0. The van der Waals surface area contributed by atoms with Crippen molar-refractivity contribution in [2.45, 2.75) is 6.92 Å². The molecule has 0 aliphatic heterocycles. The lowest BCUT2D eigenvalue weighted by molar-refractivity contribution is 1.05. The Kier molecular flexibility index (Phi) is 1.73. The van der Waals surface area contributed by atoms with Crippen molar-refractivity contribution in [2.24, 2.45) is 0 Å². The summed E-state index contributed by atoms with van der Waals surface area (Å²) in [6, 6.07) is 7.75. The van der Waals surface area contributed by atoms with Crippen LogP contribution >= 0.6 is 0 Å². The van der Waals surface area contributed by atoms with E-state index in [-0.39, 0.29) is 5.69 Å². The molecular weight excluding hydrogens is 166 g/mol. The van der Waals surface area contributed by atoms with E-state index in [1.807, 2.05) is 31.2 Å². The van der Waals surface area contributed by atoms with Gasteiger partial charge in [-0.25, -0.2) is 9.89 Å². The third-order valence-corrected chi connectivity index (χ3v) is 1.90. The molecule has 1 aromatic heterocycles. The predicted molar refractivity (Wildman–Crippen MR) is 49.4 cm³/mol. The van der Waals surface area contributed by atoms with E-state index in [4.69, 9.17) is 0 Å². The minimum absolute atomic E-state index is 0.279. The Hall–Kier alpha value is -1.84. The Balaban J connectivity index is 2.58. The average molecular weight is 175 g/mol. The minimum atomic E-state index is -0.279. The molecule has 0 saturated carbocycles. The molecule has 4 nitrogen and oxygen atoms in total. The number of aromatic amines is 2. The van der Waals surface area contributed by atoms with E-state index in [1.54, 1.807) is 0 Å². The molecule has 0 saturated heterocycles. The molecular formula is C9H9N3O. The summed E-state index contributed by atoms with van der Waals surface area (Å²) in [6.45, 7) is 1.97. The second-order valence-electron chi connectivity index (χ2n) is 2.84. The highest BCUT2D eigenvalue weighted by Gasteiger charge is 2.03. The van der Waals surface area contributed by atoms with E-state index >= 15 is 0 Å². The van der Waals surface area contributed by atoms with Gasteiger partial charge in [0.25, 0.3) is 0 Å². The fourth-order valence-corrected chi connectivity index (χ4v) is 1.24. The van der Waals surface area contributed by atoms with Gasteiger partial charge in [0.05, 0.1) is 0 Å². The van der Waals surface area contributed by atoms with Crippen LogP contribution in [-0.2, 0) is 0 Å². The first-order valence-corrected chi connectivity index (χ1v) is 3.98. The van der Waals surface area contributed by atoms with Gasteiger partial charge in [0, 0.05) is 5.56 Å². The van der Waals surface area contributed by atoms with Crippen molar-refractivity contribution in [3.8, 4) is 11.4 Å². The number of hydrogen-bond donors (Lipinski definition) is 2. The zero-order valence-electron chi connectivity index (χ0n) is 7.16. The molecule has 0 aliphatic carbocycles. The summed E-state index contributed by atoms with van der Waals surface area (Å²) in [5.74, 6) is 0.586. The Morgan fingerprint density at radius 1 is 1.31 bits per heavy atom. The summed E-state index contributed by atoms with van der Waals surface area (Å²) in [6.07, 6.45) is 0. The summed E-state index contributed by atoms with van der Waals surface area (Å²) in [5.41, 5.74) is 1.75. The quantitative estimate of drug-likeness (QED) is 0.681. The van der Waals surface area contributed by atoms with Gasteiger partial charge in [0.2, 0.25) is 0 Å². The maximum Gasteiger partial charge on any atom is 0.340 e. The van der Waals surface area contributed by atoms with Gasteiger partial charge in [-0.05, 0) is 12.5 Å². The summed E-state index contributed by atoms with van der Waals surface area (Å²) in [4.78, 5) is 13.4. The van der Waals surface area contributed by atoms with Crippen LogP contribution in [0.5, 0.6) is 0 Å². The van der Waals surface area contributed by atoms with Crippen LogP contribution in [0.4, 0.5) is 0 Å². The van der Waals surface area contributed by atoms with Gasteiger partial charge < -0.3 is 0 Å². The molecule has 0 amide bonds. The van der Waals surface area contributed by atoms with Crippen molar-refractivity contribution >= 4 is 0 Å². The molecule has 1 aromatic carbocycles. The Morgan fingerprint density at radius 3 is 2.69 bits per heavy atom. The Morgan fingerprint density at radius 2 is 2.08 bits per heavy atom. The highest BCUT2D eigenvalue weighted by atomic mass is 16.1. The standard InChI is InChI=1S/C9H9N3O/c1-6-4-2-3-5-7(6)8-10-9(13)12-11-8/h2-5H,1H3,(H2,10,11,12,13). The molecule has 2 N–H and O–H groups in total. The van der Waals surface area contributed by atoms with E-state index in [1.165, 1.54) is 0 Å². The van der Waals surface area contributed by atoms with Crippen LogP contribution in [-0.4, -0.2) is 15.2 Å². The molecule has 0 fully saturated rings. The number of aromatic nitrogens is 3. The summed E-state index contributed by atoms with van der Waals surface area (Å²) in [7, 11) is 0. The number of benzene rings is 1. The van der Waals surface area contributed by atoms with Crippen molar-refractivity contribution in [2.75, 3.05) is 0 Å². The van der Waals surface area contributed by atoms with Crippen LogP contribution in [0.2, 0.25) is 0 Å². The molecule has 0 atom stereocenters. The number of H-pyrrole nitrogens is 2. The average Bonchev–Trinajstić information content (AvgIpc) is 2.53. The van der Waals surface area contributed by atoms with Crippen molar-refractivity contribution in [3.63, 3.8) is 0 Å². The predicted octanol–water partition coefficient (Wildman–Crippen LogP) is 1.07. The highest BCUT2D eigenvalue weighted by Crippen LogP contribution is 2.16. The molecule has 0 aliphatic rings. The van der Waals surface area contributed by atoms with Crippen molar-refractivity contribution in [3.05, 3.63) is 40.3 Å². The van der Waals surface area contributed by atoms with Gasteiger partial charge in [-0.1, -0.05) is 24.3 Å². The van der Waals surface area contributed by atoms with Crippen LogP contribution < -0.4 is 5.69 Å². The lowest BCUT2D eigenvalue weighted by Gasteiger charge is -1.98. The third-order valence-electron chi connectivity index (χ3n) is 1.90. The number of nitrogens with zero attached hydrogens (tertiary/aromatic N) is 1. The zero-order chi connectivity index (χ0) is 9.26.